The smallest absolute Gasteiger partial charge is 0.225 e. The molecule has 0 radical (unpaired) electrons. The predicted octanol–water partition coefficient (Wildman–Crippen LogP) is 1.62. The van der Waals surface area contributed by atoms with Crippen molar-refractivity contribution in [1.82, 2.24) is 4.90 Å². The van der Waals surface area contributed by atoms with Crippen molar-refractivity contribution in [2.45, 2.75) is 46.1 Å². The molecule has 2 atom stereocenters. The van der Waals surface area contributed by atoms with Gasteiger partial charge in [-0.05, 0) is 25.2 Å². The summed E-state index contributed by atoms with van der Waals surface area (Å²) in [5.41, 5.74) is 5.94. The van der Waals surface area contributed by atoms with E-state index in [4.69, 9.17) is 5.73 Å². The lowest BCUT2D eigenvalue weighted by molar-refractivity contribution is -0.137. The average molecular weight is 212 g/mol. The van der Waals surface area contributed by atoms with Gasteiger partial charge in [-0.1, -0.05) is 20.8 Å². The summed E-state index contributed by atoms with van der Waals surface area (Å²) >= 11 is 0. The van der Waals surface area contributed by atoms with E-state index in [1.807, 2.05) is 4.90 Å². The molecule has 0 aromatic rings. The maximum absolute atomic E-state index is 12.1. The van der Waals surface area contributed by atoms with Gasteiger partial charge in [0.2, 0.25) is 5.91 Å². The van der Waals surface area contributed by atoms with Gasteiger partial charge < -0.3 is 10.6 Å². The maximum atomic E-state index is 12.1. The third-order valence-corrected chi connectivity index (χ3v) is 3.62. The van der Waals surface area contributed by atoms with Gasteiger partial charge >= 0.3 is 0 Å². The van der Waals surface area contributed by atoms with Crippen LogP contribution >= 0.6 is 0 Å². The van der Waals surface area contributed by atoms with Gasteiger partial charge in [0.15, 0.2) is 0 Å². The Morgan fingerprint density at radius 2 is 2.07 bits per heavy atom. The summed E-state index contributed by atoms with van der Waals surface area (Å²) in [5.74, 6) is 0.988. The zero-order chi connectivity index (χ0) is 11.4. The maximum Gasteiger partial charge on any atom is 0.225 e. The Kier molecular flexibility index (Phi) is 4.58. The number of rotatable bonds is 3. The van der Waals surface area contributed by atoms with E-state index in [1.54, 1.807) is 0 Å². The van der Waals surface area contributed by atoms with Gasteiger partial charge in [-0.25, -0.2) is 0 Å². The van der Waals surface area contributed by atoms with Crippen molar-refractivity contribution in [3.05, 3.63) is 0 Å². The van der Waals surface area contributed by atoms with Gasteiger partial charge in [-0.3, -0.25) is 4.79 Å². The van der Waals surface area contributed by atoms with Gasteiger partial charge in [0.05, 0.1) is 0 Å². The van der Waals surface area contributed by atoms with Crippen LogP contribution in [0.3, 0.4) is 0 Å². The van der Waals surface area contributed by atoms with Crippen molar-refractivity contribution in [2.24, 2.45) is 17.6 Å². The quantitative estimate of drug-likeness (QED) is 0.772. The molecular weight excluding hydrogens is 188 g/mol. The van der Waals surface area contributed by atoms with Crippen LogP contribution < -0.4 is 5.73 Å². The average Bonchev–Trinajstić information content (AvgIpc) is 2.23. The van der Waals surface area contributed by atoms with Crippen LogP contribution in [-0.2, 0) is 4.79 Å². The molecule has 0 aromatic heterocycles. The molecule has 1 aliphatic heterocycles. The van der Waals surface area contributed by atoms with E-state index < -0.39 is 0 Å². The van der Waals surface area contributed by atoms with E-state index in [9.17, 15) is 4.79 Å². The lowest BCUT2D eigenvalue weighted by Crippen LogP contribution is -2.49. The fraction of sp³-hybridized carbons (Fsp3) is 0.917. The Hall–Kier alpha value is -0.570. The largest absolute Gasteiger partial charge is 0.342 e. The molecule has 2 unspecified atom stereocenters. The lowest BCUT2D eigenvalue weighted by Gasteiger charge is -2.36. The van der Waals surface area contributed by atoms with Crippen LogP contribution in [0, 0.1) is 11.8 Å². The first-order valence-electron chi connectivity index (χ1n) is 6.14. The number of nitrogens with zero attached hydrogens (tertiary/aromatic N) is 1. The number of hydrogen-bond acceptors (Lipinski definition) is 2. The van der Waals surface area contributed by atoms with Gasteiger partial charge in [0.25, 0.3) is 0 Å². The first-order valence-corrected chi connectivity index (χ1v) is 6.14. The Bertz CT molecular complexity index is 214. The number of nitrogens with two attached hydrogens (primary N) is 1. The zero-order valence-electron chi connectivity index (χ0n) is 10.2. The molecule has 0 bridgehead atoms. The van der Waals surface area contributed by atoms with Crippen molar-refractivity contribution >= 4 is 5.91 Å². The summed E-state index contributed by atoms with van der Waals surface area (Å²) in [6.45, 7) is 8.00. The van der Waals surface area contributed by atoms with Crippen LogP contribution in [0.15, 0.2) is 0 Å². The molecule has 2 N–H and O–H groups in total. The van der Waals surface area contributed by atoms with Crippen LogP contribution in [0.5, 0.6) is 0 Å². The first kappa shape index (κ1) is 12.5. The van der Waals surface area contributed by atoms with Crippen LogP contribution in [-0.4, -0.2) is 29.9 Å². The van der Waals surface area contributed by atoms with Crippen LogP contribution in [0.4, 0.5) is 0 Å². The van der Waals surface area contributed by atoms with Gasteiger partial charge in [-0.15, -0.1) is 0 Å². The zero-order valence-corrected chi connectivity index (χ0v) is 10.2. The highest BCUT2D eigenvalue weighted by molar-refractivity contribution is 5.78. The van der Waals surface area contributed by atoms with E-state index >= 15 is 0 Å². The minimum atomic E-state index is 0.214. The number of hydrogen-bond donors (Lipinski definition) is 1. The predicted molar refractivity (Wildman–Crippen MR) is 62.4 cm³/mol. The molecule has 3 nitrogen and oxygen atoms in total. The minimum absolute atomic E-state index is 0.214. The Morgan fingerprint density at radius 1 is 1.47 bits per heavy atom. The standard InChI is InChI=1S/C12H24N2O/c1-4-10(5-2)12(15)14-7-6-11(13)9(3)8-14/h9-11H,4-8,13H2,1-3H3. The topological polar surface area (TPSA) is 46.3 Å². The molecule has 1 rings (SSSR count). The van der Waals surface area contributed by atoms with E-state index in [-0.39, 0.29) is 12.0 Å². The second-order valence-electron chi connectivity index (χ2n) is 4.73. The van der Waals surface area contributed by atoms with Crippen LogP contribution in [0.1, 0.15) is 40.0 Å². The molecule has 88 valence electrons. The molecule has 1 amide bonds. The fourth-order valence-electron chi connectivity index (χ4n) is 2.26. The molecule has 1 heterocycles. The highest BCUT2D eigenvalue weighted by Gasteiger charge is 2.28. The summed E-state index contributed by atoms with van der Waals surface area (Å²) < 4.78 is 0. The van der Waals surface area contributed by atoms with E-state index in [1.165, 1.54) is 0 Å². The summed E-state index contributed by atoms with van der Waals surface area (Å²) in [6.07, 6.45) is 2.85. The summed E-state index contributed by atoms with van der Waals surface area (Å²) in [4.78, 5) is 14.1. The summed E-state index contributed by atoms with van der Waals surface area (Å²) in [5, 5.41) is 0. The summed E-state index contributed by atoms with van der Waals surface area (Å²) in [6, 6.07) is 0.274. The molecular formula is C12H24N2O. The molecule has 0 spiro atoms. The third-order valence-electron chi connectivity index (χ3n) is 3.62. The molecule has 1 aliphatic rings. The van der Waals surface area contributed by atoms with Gasteiger partial charge in [0, 0.05) is 25.0 Å². The number of likely N-dealkylation sites (tertiary alicyclic amines) is 1. The lowest BCUT2D eigenvalue weighted by atomic mass is 9.93. The normalized spacial score (nSPS) is 27.1. The molecule has 0 saturated carbocycles. The number of carbonyl (C=O) groups excluding carboxylic acids is 1. The van der Waals surface area contributed by atoms with Crippen LogP contribution in [0.2, 0.25) is 0 Å². The second-order valence-corrected chi connectivity index (χ2v) is 4.73. The third kappa shape index (κ3) is 2.94. The molecule has 3 heteroatoms. The highest BCUT2D eigenvalue weighted by Crippen LogP contribution is 2.19. The van der Waals surface area contributed by atoms with E-state index in [2.05, 4.69) is 20.8 Å². The van der Waals surface area contributed by atoms with Crippen molar-refractivity contribution < 1.29 is 4.79 Å². The number of carbonyl (C=O) groups is 1. The Morgan fingerprint density at radius 3 is 2.53 bits per heavy atom. The van der Waals surface area contributed by atoms with Gasteiger partial charge in [0.1, 0.15) is 0 Å². The van der Waals surface area contributed by atoms with Crippen molar-refractivity contribution in [3.63, 3.8) is 0 Å². The second kappa shape index (κ2) is 5.50. The summed E-state index contributed by atoms with van der Waals surface area (Å²) in [7, 11) is 0. The van der Waals surface area contributed by atoms with E-state index in [0.717, 1.165) is 32.4 Å². The van der Waals surface area contributed by atoms with Crippen molar-refractivity contribution in [1.29, 1.82) is 0 Å². The van der Waals surface area contributed by atoms with Crippen molar-refractivity contribution in [2.75, 3.05) is 13.1 Å². The molecule has 15 heavy (non-hydrogen) atoms. The Labute approximate surface area is 93.0 Å². The highest BCUT2D eigenvalue weighted by atomic mass is 16.2. The molecule has 1 saturated heterocycles. The minimum Gasteiger partial charge on any atom is -0.342 e. The van der Waals surface area contributed by atoms with Crippen molar-refractivity contribution in [3.8, 4) is 0 Å². The number of amides is 1. The molecule has 0 aliphatic carbocycles. The van der Waals surface area contributed by atoms with E-state index in [0.29, 0.717) is 11.8 Å². The molecule has 1 fully saturated rings. The SMILES string of the molecule is CCC(CC)C(=O)N1CCC(N)C(C)C1. The Balaban J connectivity index is 2.53. The van der Waals surface area contributed by atoms with Gasteiger partial charge in [-0.2, -0.15) is 0 Å². The molecule has 0 aromatic carbocycles. The monoisotopic (exact) mass is 212 g/mol. The first-order chi connectivity index (χ1) is 7.10. The van der Waals surface area contributed by atoms with Crippen LogP contribution in [0.25, 0.3) is 0 Å². The number of piperidine rings is 1. The fourth-order valence-corrected chi connectivity index (χ4v) is 2.26.